The maximum atomic E-state index is 11.9. The van der Waals surface area contributed by atoms with Crippen molar-refractivity contribution >= 4 is 0 Å². The molecule has 0 fully saturated rings. The minimum Gasteiger partial charge on any atom is -0.503 e. The van der Waals surface area contributed by atoms with E-state index >= 15 is 0 Å². The number of alkyl halides is 3. The lowest BCUT2D eigenvalue weighted by Crippen LogP contribution is -2.18. The van der Waals surface area contributed by atoms with Gasteiger partial charge in [-0.05, 0) is 0 Å². The van der Waals surface area contributed by atoms with E-state index in [2.05, 4.69) is 9.72 Å². The molecule has 1 aromatic heterocycles. The number of hydrogen-bond donors (Lipinski definition) is 1. The summed E-state index contributed by atoms with van der Waals surface area (Å²) in [7, 11) is 0. The van der Waals surface area contributed by atoms with E-state index in [0.717, 1.165) is 12.4 Å². The minimum atomic E-state index is -4.91. The van der Waals surface area contributed by atoms with Crippen LogP contribution in [0.5, 0.6) is 11.5 Å². The minimum absolute atomic E-state index is 0.116. The van der Waals surface area contributed by atoms with Crippen LogP contribution >= 0.6 is 0 Å². The first kappa shape index (κ1) is 11.1. The van der Waals surface area contributed by atoms with E-state index in [0.29, 0.717) is 0 Å². The first-order chi connectivity index (χ1) is 6.94. The van der Waals surface area contributed by atoms with Gasteiger partial charge >= 0.3 is 6.36 Å². The van der Waals surface area contributed by atoms with Crippen molar-refractivity contribution in [2.45, 2.75) is 12.8 Å². The zero-order chi connectivity index (χ0) is 11.5. The SMILES string of the molecule is N#CCc1cncc(O)c1OC(F)(F)F. The summed E-state index contributed by atoms with van der Waals surface area (Å²) in [6.45, 7) is 0. The summed E-state index contributed by atoms with van der Waals surface area (Å²) in [5.41, 5.74) is -0.116. The average Bonchev–Trinajstić information content (AvgIpc) is 2.10. The second kappa shape index (κ2) is 4.04. The number of nitrogens with zero attached hydrogens (tertiary/aromatic N) is 2. The van der Waals surface area contributed by atoms with E-state index in [1.165, 1.54) is 0 Å². The zero-order valence-electron chi connectivity index (χ0n) is 7.25. The highest BCUT2D eigenvalue weighted by molar-refractivity contribution is 5.44. The van der Waals surface area contributed by atoms with Gasteiger partial charge in [-0.2, -0.15) is 5.26 Å². The van der Waals surface area contributed by atoms with Gasteiger partial charge in [-0.25, -0.2) is 0 Å². The zero-order valence-corrected chi connectivity index (χ0v) is 7.25. The number of pyridine rings is 1. The van der Waals surface area contributed by atoms with Gasteiger partial charge in [0.25, 0.3) is 0 Å². The quantitative estimate of drug-likeness (QED) is 0.821. The van der Waals surface area contributed by atoms with Crippen LogP contribution < -0.4 is 4.74 Å². The van der Waals surface area contributed by atoms with Crippen molar-refractivity contribution in [2.24, 2.45) is 0 Å². The Morgan fingerprint density at radius 3 is 2.67 bits per heavy atom. The van der Waals surface area contributed by atoms with Crippen LogP contribution in [-0.4, -0.2) is 16.5 Å². The van der Waals surface area contributed by atoms with Crippen LogP contribution in [-0.2, 0) is 6.42 Å². The number of ether oxygens (including phenoxy) is 1. The molecule has 0 radical (unpaired) electrons. The van der Waals surface area contributed by atoms with E-state index < -0.39 is 17.9 Å². The maximum absolute atomic E-state index is 11.9. The van der Waals surface area contributed by atoms with Crippen LogP contribution in [0.3, 0.4) is 0 Å². The van der Waals surface area contributed by atoms with E-state index in [9.17, 15) is 13.2 Å². The van der Waals surface area contributed by atoms with Gasteiger partial charge in [-0.15, -0.1) is 13.2 Å². The number of hydrogen-bond acceptors (Lipinski definition) is 4. The molecule has 1 rings (SSSR count). The van der Waals surface area contributed by atoms with Gasteiger partial charge in [0.1, 0.15) is 0 Å². The van der Waals surface area contributed by atoms with Crippen molar-refractivity contribution < 1.29 is 23.0 Å². The van der Waals surface area contributed by atoms with Crippen LogP contribution in [0.2, 0.25) is 0 Å². The monoisotopic (exact) mass is 218 g/mol. The van der Waals surface area contributed by atoms with Crippen molar-refractivity contribution in [3.05, 3.63) is 18.0 Å². The molecule has 7 heteroatoms. The number of aromatic nitrogens is 1. The molecule has 0 amide bonds. The molecule has 1 heterocycles. The molecular weight excluding hydrogens is 213 g/mol. The first-order valence-electron chi connectivity index (χ1n) is 3.72. The molecule has 0 aromatic carbocycles. The fourth-order valence-corrected chi connectivity index (χ4v) is 0.924. The van der Waals surface area contributed by atoms with Gasteiger partial charge in [-0.1, -0.05) is 0 Å². The van der Waals surface area contributed by atoms with E-state index in [-0.39, 0.29) is 12.0 Å². The highest BCUT2D eigenvalue weighted by Crippen LogP contribution is 2.33. The van der Waals surface area contributed by atoms with Crippen LogP contribution in [0.4, 0.5) is 13.2 Å². The summed E-state index contributed by atoms with van der Waals surface area (Å²) in [6.07, 6.45) is -3.40. The topological polar surface area (TPSA) is 66.1 Å². The number of rotatable bonds is 2. The highest BCUT2D eigenvalue weighted by Gasteiger charge is 2.33. The van der Waals surface area contributed by atoms with Crippen molar-refractivity contribution in [1.82, 2.24) is 4.98 Å². The van der Waals surface area contributed by atoms with Crippen molar-refractivity contribution in [1.29, 1.82) is 5.26 Å². The predicted molar refractivity (Wildman–Crippen MR) is 41.9 cm³/mol. The smallest absolute Gasteiger partial charge is 0.503 e. The molecular formula is C8H5F3N2O2. The van der Waals surface area contributed by atoms with Gasteiger partial charge < -0.3 is 9.84 Å². The van der Waals surface area contributed by atoms with E-state index in [1.54, 1.807) is 6.07 Å². The van der Waals surface area contributed by atoms with Gasteiger partial charge in [0.2, 0.25) is 0 Å². The van der Waals surface area contributed by atoms with Crippen molar-refractivity contribution in [3.63, 3.8) is 0 Å². The molecule has 1 aromatic rings. The summed E-state index contributed by atoms with van der Waals surface area (Å²) in [6, 6.07) is 1.64. The number of nitriles is 1. The lowest BCUT2D eigenvalue weighted by atomic mass is 10.2. The summed E-state index contributed by atoms with van der Waals surface area (Å²) in [5, 5.41) is 17.4. The molecule has 0 spiro atoms. The molecule has 15 heavy (non-hydrogen) atoms. The summed E-state index contributed by atoms with van der Waals surface area (Å²) < 4.78 is 39.3. The molecule has 80 valence electrons. The third-order valence-corrected chi connectivity index (χ3v) is 1.44. The third kappa shape index (κ3) is 3.02. The summed E-state index contributed by atoms with van der Waals surface area (Å²) >= 11 is 0. The van der Waals surface area contributed by atoms with Crippen molar-refractivity contribution in [2.75, 3.05) is 0 Å². The molecule has 0 saturated heterocycles. The van der Waals surface area contributed by atoms with E-state index in [1.807, 2.05) is 0 Å². The Bertz CT molecular complexity index is 398. The second-order valence-electron chi connectivity index (χ2n) is 2.53. The Hall–Kier alpha value is -1.97. The third-order valence-electron chi connectivity index (χ3n) is 1.44. The number of halogens is 3. The molecule has 0 atom stereocenters. The Morgan fingerprint density at radius 1 is 1.47 bits per heavy atom. The molecule has 0 aliphatic rings. The highest BCUT2D eigenvalue weighted by atomic mass is 19.4. The van der Waals surface area contributed by atoms with Crippen LogP contribution in [0, 0.1) is 11.3 Å². The molecule has 4 nitrogen and oxygen atoms in total. The normalized spacial score (nSPS) is 10.8. The Labute approximate surface area is 82.5 Å². The fourth-order valence-electron chi connectivity index (χ4n) is 0.924. The first-order valence-corrected chi connectivity index (χ1v) is 3.72. The lowest BCUT2D eigenvalue weighted by molar-refractivity contribution is -0.275. The lowest BCUT2D eigenvalue weighted by Gasteiger charge is -2.12. The van der Waals surface area contributed by atoms with Crippen molar-refractivity contribution in [3.8, 4) is 17.6 Å². The number of aromatic hydroxyl groups is 1. The molecule has 0 unspecified atom stereocenters. The summed E-state index contributed by atoms with van der Waals surface area (Å²) in [4.78, 5) is 3.45. The standard InChI is InChI=1S/C8H5F3N2O2/c9-8(10,11)15-7-5(1-2-12)3-13-4-6(7)14/h3-4,14H,1H2. The second-order valence-corrected chi connectivity index (χ2v) is 2.53. The molecule has 0 aliphatic heterocycles. The average molecular weight is 218 g/mol. The molecule has 1 N–H and O–H groups in total. The predicted octanol–water partition coefficient (Wildman–Crippen LogP) is 1.75. The van der Waals surface area contributed by atoms with Crippen LogP contribution in [0.1, 0.15) is 5.56 Å². The van der Waals surface area contributed by atoms with Gasteiger partial charge in [0.15, 0.2) is 11.5 Å². The van der Waals surface area contributed by atoms with Gasteiger partial charge in [-0.3, -0.25) is 4.98 Å². The van der Waals surface area contributed by atoms with Crippen LogP contribution in [0.25, 0.3) is 0 Å². The summed E-state index contributed by atoms with van der Waals surface area (Å²) in [5.74, 6) is -1.53. The Balaban J connectivity index is 3.09. The van der Waals surface area contributed by atoms with Crippen LogP contribution in [0.15, 0.2) is 12.4 Å². The van der Waals surface area contributed by atoms with E-state index in [4.69, 9.17) is 10.4 Å². The van der Waals surface area contributed by atoms with Gasteiger partial charge in [0, 0.05) is 11.8 Å². The maximum Gasteiger partial charge on any atom is 0.573 e. The van der Waals surface area contributed by atoms with Gasteiger partial charge in [0.05, 0.1) is 18.7 Å². The fraction of sp³-hybridized carbons (Fsp3) is 0.250. The largest absolute Gasteiger partial charge is 0.573 e. The Kier molecular flexibility index (Phi) is 2.99. The molecule has 0 bridgehead atoms. The molecule has 0 aliphatic carbocycles. The Morgan fingerprint density at radius 2 is 2.13 bits per heavy atom. The molecule has 0 saturated carbocycles.